The van der Waals surface area contributed by atoms with Crippen molar-refractivity contribution in [3.63, 3.8) is 0 Å². The number of carbonyl (C=O) groups is 2. The molecule has 162 valence electrons. The minimum absolute atomic E-state index is 0.118. The molecule has 0 aromatic heterocycles. The number of esters is 1. The molecule has 32 heavy (non-hydrogen) atoms. The summed E-state index contributed by atoms with van der Waals surface area (Å²) in [5.74, 6) is -0.202. The first-order valence-corrected chi connectivity index (χ1v) is 9.69. The van der Waals surface area contributed by atoms with Crippen molar-refractivity contribution in [1.82, 2.24) is 0 Å². The molecule has 3 aromatic rings. The minimum Gasteiger partial charge on any atom is -0.493 e. The average Bonchev–Trinajstić information content (AvgIpc) is 3.09. The molecule has 0 amide bonds. The molecule has 1 aliphatic heterocycles. The fourth-order valence-corrected chi connectivity index (χ4v) is 3.42. The predicted molar refractivity (Wildman–Crippen MR) is 115 cm³/mol. The molecule has 0 N–H and O–H groups in total. The van der Waals surface area contributed by atoms with Gasteiger partial charge < -0.3 is 18.9 Å². The second-order valence-electron chi connectivity index (χ2n) is 7.04. The van der Waals surface area contributed by atoms with Crippen molar-refractivity contribution in [3.8, 4) is 23.0 Å². The van der Waals surface area contributed by atoms with Gasteiger partial charge in [-0.2, -0.15) is 0 Å². The number of Topliss-reactive ketones (excluding diaryl/α,β-unsaturated/α-hetero) is 1. The van der Waals surface area contributed by atoms with Gasteiger partial charge in [-0.3, -0.25) is 4.79 Å². The number of aryl methyl sites for hydroxylation is 1. The summed E-state index contributed by atoms with van der Waals surface area (Å²) in [7, 11) is 3.06. The molecule has 7 heteroatoms. The molecule has 1 aliphatic rings. The second-order valence-corrected chi connectivity index (χ2v) is 7.04. The lowest BCUT2D eigenvalue weighted by atomic mass is 10.0. The number of allylic oxidation sites excluding steroid dienone is 1. The number of benzene rings is 3. The van der Waals surface area contributed by atoms with Crippen LogP contribution in [0, 0.1) is 12.7 Å². The number of hydrogen-bond acceptors (Lipinski definition) is 6. The van der Waals surface area contributed by atoms with Crippen molar-refractivity contribution in [2.45, 2.75) is 6.92 Å². The van der Waals surface area contributed by atoms with E-state index in [1.54, 1.807) is 37.3 Å². The number of carbonyl (C=O) groups excluding carboxylic acids is 2. The van der Waals surface area contributed by atoms with E-state index in [0.29, 0.717) is 28.2 Å². The zero-order valence-corrected chi connectivity index (χ0v) is 17.6. The van der Waals surface area contributed by atoms with Crippen LogP contribution in [-0.4, -0.2) is 26.0 Å². The number of fused-ring (bicyclic) bond motifs is 1. The first-order chi connectivity index (χ1) is 15.4. The predicted octanol–water partition coefficient (Wildman–Crippen LogP) is 4.99. The summed E-state index contributed by atoms with van der Waals surface area (Å²) in [5.41, 5.74) is 1.45. The largest absolute Gasteiger partial charge is 0.493 e. The number of halogens is 1. The molecule has 6 nitrogen and oxygen atoms in total. The molecule has 0 spiro atoms. The Morgan fingerprint density at radius 1 is 1.00 bits per heavy atom. The molecule has 0 bridgehead atoms. The minimum atomic E-state index is -0.840. The van der Waals surface area contributed by atoms with Crippen LogP contribution in [0.25, 0.3) is 6.08 Å². The quantitative estimate of drug-likeness (QED) is 0.320. The maximum atomic E-state index is 13.9. The van der Waals surface area contributed by atoms with Gasteiger partial charge in [0.1, 0.15) is 17.3 Å². The lowest BCUT2D eigenvalue weighted by Gasteiger charge is -2.08. The Bertz CT molecular complexity index is 1260. The van der Waals surface area contributed by atoms with E-state index >= 15 is 0 Å². The highest BCUT2D eigenvalue weighted by Crippen LogP contribution is 2.38. The third-order valence-corrected chi connectivity index (χ3v) is 4.95. The highest BCUT2D eigenvalue weighted by molar-refractivity contribution is 6.15. The van der Waals surface area contributed by atoms with E-state index in [2.05, 4.69) is 0 Å². The van der Waals surface area contributed by atoms with Gasteiger partial charge in [0, 0.05) is 6.07 Å². The molecule has 0 radical (unpaired) electrons. The van der Waals surface area contributed by atoms with Gasteiger partial charge in [0.05, 0.1) is 25.3 Å². The third-order valence-electron chi connectivity index (χ3n) is 4.95. The van der Waals surface area contributed by atoms with Gasteiger partial charge in [-0.25, -0.2) is 9.18 Å². The smallest absolute Gasteiger partial charge is 0.346 e. The van der Waals surface area contributed by atoms with Gasteiger partial charge in [0.2, 0.25) is 5.78 Å². The number of ether oxygens (including phenoxy) is 4. The van der Waals surface area contributed by atoms with Crippen molar-refractivity contribution in [2.24, 2.45) is 0 Å². The van der Waals surface area contributed by atoms with Crippen LogP contribution < -0.4 is 18.9 Å². The van der Waals surface area contributed by atoms with Crippen LogP contribution in [0.5, 0.6) is 23.0 Å². The van der Waals surface area contributed by atoms with Crippen molar-refractivity contribution in [1.29, 1.82) is 0 Å². The zero-order valence-electron chi connectivity index (χ0n) is 17.6. The van der Waals surface area contributed by atoms with Crippen LogP contribution in [0.2, 0.25) is 0 Å². The normalized spacial score (nSPS) is 13.5. The molecule has 1 heterocycles. The molecular weight excluding hydrogens is 415 g/mol. The standard InChI is InChI=1S/C25H19FO6/c1-14-10-16(31-25(28)17-6-4-5-7-18(17)26)13-21-23(14)24(27)22(32-21)12-15-8-9-19(29-2)20(11-15)30-3/h4-13H,1-3H3/b22-12-. The highest BCUT2D eigenvalue weighted by atomic mass is 19.1. The maximum absolute atomic E-state index is 13.9. The fraction of sp³-hybridized carbons (Fsp3) is 0.120. The summed E-state index contributed by atoms with van der Waals surface area (Å²) < 4.78 is 35.4. The van der Waals surface area contributed by atoms with Crippen LogP contribution in [0.15, 0.2) is 60.4 Å². The van der Waals surface area contributed by atoms with Crippen LogP contribution >= 0.6 is 0 Å². The second kappa shape index (κ2) is 8.55. The first kappa shape index (κ1) is 21.1. The Morgan fingerprint density at radius 2 is 1.75 bits per heavy atom. The third kappa shape index (κ3) is 3.92. The van der Waals surface area contributed by atoms with Gasteiger partial charge in [-0.1, -0.05) is 18.2 Å². The van der Waals surface area contributed by atoms with Crippen LogP contribution in [0.4, 0.5) is 4.39 Å². The van der Waals surface area contributed by atoms with Crippen LogP contribution in [-0.2, 0) is 0 Å². The monoisotopic (exact) mass is 434 g/mol. The van der Waals surface area contributed by atoms with Crippen molar-refractivity contribution < 1.29 is 32.9 Å². The van der Waals surface area contributed by atoms with Crippen molar-refractivity contribution in [3.05, 3.63) is 88.4 Å². The zero-order chi connectivity index (χ0) is 22.8. The van der Waals surface area contributed by atoms with E-state index in [-0.39, 0.29) is 28.6 Å². The average molecular weight is 434 g/mol. The first-order valence-electron chi connectivity index (χ1n) is 9.69. The van der Waals surface area contributed by atoms with Crippen molar-refractivity contribution >= 4 is 17.8 Å². The molecular formula is C25H19FO6. The van der Waals surface area contributed by atoms with E-state index in [1.807, 2.05) is 0 Å². The summed E-state index contributed by atoms with van der Waals surface area (Å²) in [6.45, 7) is 1.71. The van der Waals surface area contributed by atoms with Gasteiger partial charge in [-0.05, 0) is 54.5 Å². The Balaban J connectivity index is 1.61. The molecule has 0 aliphatic carbocycles. The number of hydrogen-bond donors (Lipinski definition) is 0. The highest BCUT2D eigenvalue weighted by Gasteiger charge is 2.30. The lowest BCUT2D eigenvalue weighted by Crippen LogP contribution is -2.10. The Kier molecular flexibility index (Phi) is 5.64. The van der Waals surface area contributed by atoms with E-state index in [1.165, 1.54) is 44.6 Å². The van der Waals surface area contributed by atoms with Crippen LogP contribution in [0.3, 0.4) is 0 Å². The van der Waals surface area contributed by atoms with Crippen LogP contribution in [0.1, 0.15) is 31.8 Å². The summed E-state index contributed by atoms with van der Waals surface area (Å²) in [6, 6.07) is 13.7. The molecule has 0 atom stereocenters. The number of rotatable bonds is 5. The SMILES string of the molecule is COc1ccc(/C=C2\Oc3cc(OC(=O)c4ccccc4F)cc(C)c3C2=O)cc1OC. The molecule has 0 saturated heterocycles. The fourth-order valence-electron chi connectivity index (χ4n) is 3.42. The van der Waals surface area contributed by atoms with E-state index in [4.69, 9.17) is 18.9 Å². The maximum Gasteiger partial charge on any atom is 0.346 e. The van der Waals surface area contributed by atoms with E-state index < -0.39 is 11.8 Å². The Labute approximate surface area is 183 Å². The summed E-state index contributed by atoms with van der Waals surface area (Å²) in [4.78, 5) is 25.2. The Hall–Kier alpha value is -4.13. The number of ketones is 1. The van der Waals surface area contributed by atoms with E-state index in [9.17, 15) is 14.0 Å². The van der Waals surface area contributed by atoms with Gasteiger partial charge >= 0.3 is 5.97 Å². The summed E-state index contributed by atoms with van der Waals surface area (Å²) in [6.07, 6.45) is 1.59. The van der Waals surface area contributed by atoms with Gasteiger partial charge in [-0.15, -0.1) is 0 Å². The summed E-state index contributed by atoms with van der Waals surface area (Å²) >= 11 is 0. The molecule has 4 rings (SSSR count). The van der Waals surface area contributed by atoms with Gasteiger partial charge in [0.25, 0.3) is 0 Å². The Morgan fingerprint density at radius 3 is 2.47 bits per heavy atom. The topological polar surface area (TPSA) is 71.1 Å². The lowest BCUT2D eigenvalue weighted by molar-refractivity contribution is 0.0729. The molecule has 0 fully saturated rings. The molecule has 0 unspecified atom stereocenters. The number of methoxy groups -OCH3 is 2. The summed E-state index contributed by atoms with van der Waals surface area (Å²) in [5, 5.41) is 0. The van der Waals surface area contributed by atoms with Gasteiger partial charge in [0.15, 0.2) is 17.3 Å². The molecule has 0 saturated carbocycles. The molecule has 3 aromatic carbocycles. The van der Waals surface area contributed by atoms with E-state index in [0.717, 1.165) is 0 Å². The van der Waals surface area contributed by atoms with Crippen molar-refractivity contribution in [2.75, 3.05) is 14.2 Å².